The fraction of sp³-hybridized carbons (Fsp3) is 0.350. The van der Waals surface area contributed by atoms with Gasteiger partial charge in [0.05, 0.1) is 23.3 Å². The van der Waals surface area contributed by atoms with Crippen molar-refractivity contribution in [2.75, 3.05) is 22.9 Å². The first kappa shape index (κ1) is 15.4. The maximum atomic E-state index is 13.5. The predicted octanol–water partition coefficient (Wildman–Crippen LogP) is 2.99. The lowest BCUT2D eigenvalue weighted by molar-refractivity contribution is 0.0984. The lowest BCUT2D eigenvalue weighted by Gasteiger charge is -2.46. The molecule has 6 nitrogen and oxygen atoms in total. The molecule has 1 fully saturated rings. The van der Waals surface area contributed by atoms with Crippen LogP contribution in [0.25, 0.3) is 11.2 Å². The summed E-state index contributed by atoms with van der Waals surface area (Å²) in [7, 11) is 1.90. The van der Waals surface area contributed by atoms with Crippen LogP contribution < -0.4 is 9.80 Å². The van der Waals surface area contributed by atoms with Crippen molar-refractivity contribution in [2.24, 2.45) is 7.05 Å². The molecule has 1 amide bonds. The summed E-state index contributed by atoms with van der Waals surface area (Å²) in [6.45, 7) is 1.80. The third-order valence-corrected chi connectivity index (χ3v) is 5.58. The molecule has 2 aromatic heterocycles. The van der Waals surface area contributed by atoms with Crippen LogP contribution in [0.15, 0.2) is 42.9 Å². The van der Waals surface area contributed by atoms with Crippen molar-refractivity contribution < 1.29 is 4.79 Å². The van der Waals surface area contributed by atoms with E-state index in [2.05, 4.69) is 33.1 Å². The molecule has 5 rings (SSSR count). The Morgan fingerprint density at radius 3 is 2.85 bits per heavy atom. The van der Waals surface area contributed by atoms with Crippen molar-refractivity contribution in [2.45, 2.75) is 25.3 Å². The average Bonchev–Trinajstić information content (AvgIpc) is 3.08. The molecule has 1 atom stereocenters. The number of piperidine rings is 1. The third-order valence-electron chi connectivity index (χ3n) is 5.58. The average molecular weight is 347 g/mol. The molecule has 0 N–H and O–H groups in total. The minimum absolute atomic E-state index is 0.00812. The number of para-hydroxylation sites is 2. The van der Waals surface area contributed by atoms with Gasteiger partial charge in [-0.25, -0.2) is 9.97 Å². The van der Waals surface area contributed by atoms with E-state index in [0.29, 0.717) is 17.1 Å². The van der Waals surface area contributed by atoms with Crippen LogP contribution in [0, 0.1) is 0 Å². The minimum Gasteiger partial charge on any atom is -0.365 e. The van der Waals surface area contributed by atoms with E-state index in [1.54, 1.807) is 18.6 Å². The highest BCUT2D eigenvalue weighted by Gasteiger charge is 2.35. The highest BCUT2D eigenvalue weighted by atomic mass is 16.2. The molecule has 0 bridgehead atoms. The monoisotopic (exact) mass is 347 g/mol. The predicted molar refractivity (Wildman–Crippen MR) is 102 cm³/mol. The van der Waals surface area contributed by atoms with Crippen molar-refractivity contribution in [1.29, 1.82) is 0 Å². The maximum absolute atomic E-state index is 13.5. The van der Waals surface area contributed by atoms with Gasteiger partial charge >= 0.3 is 0 Å². The lowest BCUT2D eigenvalue weighted by atomic mass is 9.96. The van der Waals surface area contributed by atoms with E-state index in [-0.39, 0.29) is 5.91 Å². The first-order valence-electron chi connectivity index (χ1n) is 9.17. The van der Waals surface area contributed by atoms with Crippen LogP contribution in [-0.2, 0) is 7.05 Å². The van der Waals surface area contributed by atoms with Gasteiger partial charge in [-0.2, -0.15) is 0 Å². The number of nitrogens with zero attached hydrogens (tertiary/aromatic N) is 5. The summed E-state index contributed by atoms with van der Waals surface area (Å²) in [5, 5.41) is 0. The molecule has 0 spiro atoms. The first-order valence-corrected chi connectivity index (χ1v) is 9.17. The summed E-state index contributed by atoms with van der Waals surface area (Å²) in [5.41, 5.74) is 4.19. The Bertz CT molecular complexity index is 995. The molecule has 2 aliphatic rings. The quantitative estimate of drug-likeness (QED) is 0.679. The van der Waals surface area contributed by atoms with Crippen molar-refractivity contribution in [3.63, 3.8) is 0 Å². The largest absolute Gasteiger partial charge is 0.365 e. The van der Waals surface area contributed by atoms with Crippen LogP contribution in [0.1, 0.15) is 29.6 Å². The lowest BCUT2D eigenvalue weighted by Crippen LogP contribution is -2.53. The van der Waals surface area contributed by atoms with E-state index in [0.717, 1.165) is 30.8 Å². The highest BCUT2D eigenvalue weighted by Crippen LogP contribution is 2.39. The number of rotatable bonds is 1. The van der Waals surface area contributed by atoms with Gasteiger partial charge < -0.3 is 14.4 Å². The maximum Gasteiger partial charge on any atom is 0.260 e. The Morgan fingerprint density at radius 1 is 1.12 bits per heavy atom. The molecule has 0 saturated carbocycles. The van der Waals surface area contributed by atoms with Gasteiger partial charge in [0.15, 0.2) is 5.65 Å². The zero-order chi connectivity index (χ0) is 17.7. The summed E-state index contributed by atoms with van der Waals surface area (Å²) in [5.74, 6) is 0.00812. The molecular formula is C20H21N5O. The third kappa shape index (κ3) is 2.21. The van der Waals surface area contributed by atoms with Gasteiger partial charge in [-0.3, -0.25) is 4.79 Å². The van der Waals surface area contributed by atoms with Gasteiger partial charge in [-0.05, 0) is 37.5 Å². The first-order chi connectivity index (χ1) is 12.7. The highest BCUT2D eigenvalue weighted by molar-refractivity contribution is 6.13. The van der Waals surface area contributed by atoms with Crippen molar-refractivity contribution in [3.05, 3.63) is 48.4 Å². The number of carbonyl (C=O) groups excluding carboxylic acids is 1. The van der Waals surface area contributed by atoms with Gasteiger partial charge in [0.25, 0.3) is 5.91 Å². The number of hydrogen-bond acceptors (Lipinski definition) is 4. The van der Waals surface area contributed by atoms with Crippen LogP contribution in [0.3, 0.4) is 0 Å². The molecule has 3 aromatic rings. The molecule has 1 saturated heterocycles. The van der Waals surface area contributed by atoms with Gasteiger partial charge in [0.2, 0.25) is 0 Å². The standard InChI is InChI=1S/C20H21N5O/c1-23-13-22-18-15(9-10-21-19(18)23)20(26)25-12-14-6-4-5-11-24(14)16-7-2-3-8-17(16)25/h2-3,7-10,13-14H,4-6,11-12H2,1H3/t14-/m0/s1. The second-order valence-corrected chi connectivity index (χ2v) is 7.13. The van der Waals surface area contributed by atoms with E-state index >= 15 is 0 Å². The van der Waals surface area contributed by atoms with Gasteiger partial charge in [-0.1, -0.05) is 12.1 Å². The number of anilines is 2. The van der Waals surface area contributed by atoms with E-state index in [1.165, 1.54) is 18.5 Å². The Balaban J connectivity index is 1.61. The van der Waals surface area contributed by atoms with Crippen LogP contribution in [0.4, 0.5) is 11.4 Å². The van der Waals surface area contributed by atoms with E-state index < -0.39 is 0 Å². The minimum atomic E-state index is 0.00812. The molecular weight excluding hydrogens is 326 g/mol. The molecule has 6 heteroatoms. The number of aryl methyl sites for hydroxylation is 1. The fourth-order valence-corrected chi connectivity index (χ4v) is 4.29. The molecule has 0 unspecified atom stereocenters. The molecule has 4 heterocycles. The number of carbonyl (C=O) groups is 1. The molecule has 2 aliphatic heterocycles. The van der Waals surface area contributed by atoms with Crippen molar-refractivity contribution >= 4 is 28.4 Å². The second-order valence-electron chi connectivity index (χ2n) is 7.13. The number of imidazole rings is 1. The van der Waals surface area contributed by atoms with Crippen LogP contribution in [0.5, 0.6) is 0 Å². The number of pyridine rings is 1. The summed E-state index contributed by atoms with van der Waals surface area (Å²) in [4.78, 5) is 26.7. The Kier molecular flexibility index (Phi) is 3.45. The summed E-state index contributed by atoms with van der Waals surface area (Å²) in [6, 6.07) is 10.4. The van der Waals surface area contributed by atoms with Crippen LogP contribution in [0.2, 0.25) is 0 Å². The van der Waals surface area contributed by atoms with Gasteiger partial charge in [-0.15, -0.1) is 0 Å². The normalized spacial score (nSPS) is 19.3. The summed E-state index contributed by atoms with van der Waals surface area (Å²) in [6.07, 6.45) is 6.98. The molecule has 1 aromatic carbocycles. The fourth-order valence-electron chi connectivity index (χ4n) is 4.29. The number of amides is 1. The van der Waals surface area contributed by atoms with E-state index in [1.807, 2.05) is 22.6 Å². The molecule has 0 aliphatic carbocycles. The van der Waals surface area contributed by atoms with Gasteiger partial charge in [0, 0.05) is 32.4 Å². The summed E-state index contributed by atoms with van der Waals surface area (Å²) >= 11 is 0. The Labute approximate surface area is 152 Å². The number of fused-ring (bicyclic) bond motifs is 4. The Hall–Kier alpha value is -2.89. The number of aromatic nitrogens is 3. The summed E-state index contributed by atoms with van der Waals surface area (Å²) < 4.78 is 1.85. The smallest absolute Gasteiger partial charge is 0.260 e. The van der Waals surface area contributed by atoms with Crippen molar-refractivity contribution in [3.8, 4) is 0 Å². The zero-order valence-electron chi connectivity index (χ0n) is 14.8. The van der Waals surface area contributed by atoms with Crippen molar-refractivity contribution in [1.82, 2.24) is 14.5 Å². The van der Waals surface area contributed by atoms with Crippen LogP contribution in [-0.4, -0.2) is 39.6 Å². The van der Waals surface area contributed by atoms with E-state index in [9.17, 15) is 4.79 Å². The molecule has 0 radical (unpaired) electrons. The second kappa shape index (κ2) is 5.83. The number of hydrogen-bond donors (Lipinski definition) is 0. The van der Waals surface area contributed by atoms with Gasteiger partial charge in [0.1, 0.15) is 5.52 Å². The SMILES string of the molecule is Cn1cnc2c(C(=O)N3C[C@@H]4CCCCN4c4ccccc43)ccnc21. The molecule has 26 heavy (non-hydrogen) atoms. The van der Waals surface area contributed by atoms with Crippen LogP contribution >= 0.6 is 0 Å². The molecule has 132 valence electrons. The topological polar surface area (TPSA) is 54.3 Å². The zero-order valence-corrected chi connectivity index (χ0v) is 14.8. The van der Waals surface area contributed by atoms with E-state index in [4.69, 9.17) is 0 Å². The number of benzene rings is 1. The Morgan fingerprint density at radius 2 is 1.96 bits per heavy atom.